The lowest BCUT2D eigenvalue weighted by molar-refractivity contribution is 0.186. The molecule has 4 nitrogen and oxygen atoms in total. The van der Waals surface area contributed by atoms with Gasteiger partial charge in [-0.25, -0.2) is 0 Å². The Morgan fingerprint density at radius 2 is 1.24 bits per heavy atom. The van der Waals surface area contributed by atoms with Crippen molar-refractivity contribution in [1.29, 1.82) is 0 Å². The largest absolute Gasteiger partial charge is 0.378 e. The van der Waals surface area contributed by atoms with Gasteiger partial charge in [-0.2, -0.15) is 0 Å². The fourth-order valence-electron chi connectivity index (χ4n) is 1.90. The molecular formula is C14H13Cl2O4P. The van der Waals surface area contributed by atoms with Crippen LogP contribution in [0, 0.1) is 0 Å². The highest BCUT2D eigenvalue weighted by molar-refractivity contribution is 7.58. The average Bonchev–Trinajstić information content (AvgIpc) is 2.45. The van der Waals surface area contributed by atoms with E-state index in [9.17, 15) is 19.7 Å². The summed E-state index contributed by atoms with van der Waals surface area (Å²) in [5.41, 5.74) is 0.323. The van der Waals surface area contributed by atoms with Gasteiger partial charge < -0.3 is 15.1 Å². The minimum atomic E-state index is -4.36. The number of halogens is 2. The van der Waals surface area contributed by atoms with Gasteiger partial charge in [0.25, 0.3) is 7.37 Å². The fourth-order valence-corrected chi connectivity index (χ4v) is 3.74. The van der Waals surface area contributed by atoms with Crippen LogP contribution in [-0.2, 0) is 4.57 Å². The normalized spacial score (nSPS) is 17.0. The molecule has 0 fully saturated rings. The number of benzene rings is 2. The molecule has 2 rings (SSSR count). The van der Waals surface area contributed by atoms with Gasteiger partial charge in [-0.05, 0) is 35.4 Å². The summed E-state index contributed by atoms with van der Waals surface area (Å²) in [6.45, 7) is 0. The molecule has 0 aliphatic rings. The molecule has 0 aromatic heterocycles. The predicted octanol–water partition coefficient (Wildman–Crippen LogP) is 3.95. The highest BCUT2D eigenvalue weighted by Gasteiger charge is 2.39. The summed E-state index contributed by atoms with van der Waals surface area (Å²) in [6.07, 6.45) is 0. The molecule has 0 aliphatic carbocycles. The standard InChI is InChI=1S/C14H13Cl2O4P/c15-11-5-1-3-9(7-11)13(17)21(19,20)14(18)10-4-2-6-12(16)8-10/h1-8,13-14,17-18H,(H,19,20). The van der Waals surface area contributed by atoms with E-state index in [2.05, 4.69) is 0 Å². The van der Waals surface area contributed by atoms with Gasteiger partial charge in [-0.1, -0.05) is 47.5 Å². The third kappa shape index (κ3) is 3.67. The molecule has 3 N–H and O–H groups in total. The smallest absolute Gasteiger partial charge is 0.264 e. The van der Waals surface area contributed by atoms with Crippen molar-refractivity contribution in [2.45, 2.75) is 11.7 Å². The van der Waals surface area contributed by atoms with Crippen molar-refractivity contribution < 1.29 is 19.7 Å². The van der Waals surface area contributed by atoms with Gasteiger partial charge in [0.15, 0.2) is 11.7 Å². The molecule has 2 unspecified atom stereocenters. The van der Waals surface area contributed by atoms with Crippen LogP contribution in [0.5, 0.6) is 0 Å². The Morgan fingerprint density at radius 3 is 1.57 bits per heavy atom. The first-order chi connectivity index (χ1) is 9.82. The summed E-state index contributed by atoms with van der Waals surface area (Å²) >= 11 is 11.6. The monoisotopic (exact) mass is 346 g/mol. The van der Waals surface area contributed by atoms with Crippen LogP contribution in [0.3, 0.4) is 0 Å². The maximum absolute atomic E-state index is 12.4. The fraction of sp³-hybridized carbons (Fsp3) is 0.143. The lowest BCUT2D eigenvalue weighted by atomic mass is 10.2. The molecule has 0 spiro atoms. The molecule has 7 heteroatoms. The van der Waals surface area contributed by atoms with Crippen molar-refractivity contribution >= 4 is 30.6 Å². The third-order valence-electron chi connectivity index (χ3n) is 2.99. The van der Waals surface area contributed by atoms with Gasteiger partial charge in [-0.3, -0.25) is 4.57 Å². The average molecular weight is 347 g/mol. The van der Waals surface area contributed by atoms with Gasteiger partial charge in [0, 0.05) is 10.0 Å². The van der Waals surface area contributed by atoms with E-state index in [1.54, 1.807) is 24.3 Å². The predicted molar refractivity (Wildman–Crippen MR) is 82.6 cm³/mol. The molecule has 0 radical (unpaired) electrons. The molecule has 0 saturated carbocycles. The van der Waals surface area contributed by atoms with E-state index < -0.39 is 19.1 Å². The van der Waals surface area contributed by atoms with Crippen molar-refractivity contribution in [3.8, 4) is 0 Å². The van der Waals surface area contributed by atoms with Crippen LogP contribution in [0.1, 0.15) is 22.8 Å². The number of rotatable bonds is 4. The van der Waals surface area contributed by atoms with Gasteiger partial charge in [0.1, 0.15) is 0 Å². The van der Waals surface area contributed by atoms with Gasteiger partial charge in [-0.15, -0.1) is 0 Å². The first-order valence-corrected chi connectivity index (χ1v) is 8.57. The molecular weight excluding hydrogens is 334 g/mol. The Hall–Kier alpha value is -0.870. The van der Waals surface area contributed by atoms with Crippen LogP contribution in [-0.4, -0.2) is 15.1 Å². The van der Waals surface area contributed by atoms with Crippen LogP contribution in [0.4, 0.5) is 0 Å². The molecule has 0 saturated heterocycles. The minimum absolute atomic E-state index is 0.161. The van der Waals surface area contributed by atoms with E-state index >= 15 is 0 Å². The molecule has 2 aromatic carbocycles. The second kappa shape index (κ2) is 6.49. The Bertz CT molecular complexity index is 637. The summed E-state index contributed by atoms with van der Waals surface area (Å²) in [4.78, 5) is 10.1. The quantitative estimate of drug-likeness (QED) is 0.732. The SMILES string of the molecule is O=P(O)(C(O)c1cccc(Cl)c1)C(O)c1cccc(Cl)c1. The Balaban J connectivity index is 2.34. The first kappa shape index (κ1) is 16.5. The zero-order valence-electron chi connectivity index (χ0n) is 10.7. The molecule has 112 valence electrons. The molecule has 0 bridgehead atoms. The summed E-state index contributed by atoms with van der Waals surface area (Å²) < 4.78 is 12.4. The number of hydrogen-bond acceptors (Lipinski definition) is 3. The third-order valence-corrected chi connectivity index (χ3v) is 5.46. The highest BCUT2D eigenvalue weighted by atomic mass is 35.5. The molecule has 21 heavy (non-hydrogen) atoms. The maximum Gasteiger partial charge on any atom is 0.264 e. The zero-order chi connectivity index (χ0) is 15.6. The highest BCUT2D eigenvalue weighted by Crippen LogP contribution is 2.63. The summed E-state index contributed by atoms with van der Waals surface area (Å²) in [5, 5.41) is 20.9. The van der Waals surface area contributed by atoms with Crippen LogP contribution >= 0.6 is 30.6 Å². The number of aliphatic hydroxyl groups excluding tert-OH is 2. The molecule has 2 aromatic rings. The van der Waals surface area contributed by atoms with E-state index in [4.69, 9.17) is 23.2 Å². The van der Waals surface area contributed by atoms with Crippen LogP contribution < -0.4 is 0 Å². The van der Waals surface area contributed by atoms with Crippen LogP contribution in [0.2, 0.25) is 10.0 Å². The van der Waals surface area contributed by atoms with Gasteiger partial charge in [0.05, 0.1) is 0 Å². The number of aliphatic hydroxyl groups is 2. The lowest BCUT2D eigenvalue weighted by Crippen LogP contribution is -2.07. The van der Waals surface area contributed by atoms with E-state index in [1.807, 2.05) is 0 Å². The van der Waals surface area contributed by atoms with Gasteiger partial charge >= 0.3 is 0 Å². The summed E-state index contributed by atoms with van der Waals surface area (Å²) in [5.74, 6) is -3.49. The Kier molecular flexibility index (Phi) is 5.10. The topological polar surface area (TPSA) is 77.8 Å². The van der Waals surface area contributed by atoms with E-state index in [0.717, 1.165) is 0 Å². The van der Waals surface area contributed by atoms with Crippen LogP contribution in [0.15, 0.2) is 48.5 Å². The van der Waals surface area contributed by atoms with E-state index in [-0.39, 0.29) is 11.1 Å². The van der Waals surface area contributed by atoms with Crippen molar-refractivity contribution in [1.82, 2.24) is 0 Å². The van der Waals surface area contributed by atoms with E-state index in [0.29, 0.717) is 10.0 Å². The van der Waals surface area contributed by atoms with Crippen LogP contribution in [0.25, 0.3) is 0 Å². The zero-order valence-corrected chi connectivity index (χ0v) is 13.1. The van der Waals surface area contributed by atoms with Gasteiger partial charge in [0.2, 0.25) is 0 Å². The number of hydrogen-bond donors (Lipinski definition) is 3. The summed E-state index contributed by atoms with van der Waals surface area (Å²) in [6, 6.07) is 11.9. The van der Waals surface area contributed by atoms with E-state index in [1.165, 1.54) is 24.3 Å². The Morgan fingerprint density at radius 1 is 0.857 bits per heavy atom. The second-order valence-electron chi connectivity index (χ2n) is 4.53. The van der Waals surface area contributed by atoms with Crippen molar-refractivity contribution in [3.05, 3.63) is 69.7 Å². The molecule has 0 aliphatic heterocycles. The Labute approximate surface area is 132 Å². The second-order valence-corrected chi connectivity index (χ2v) is 7.73. The van der Waals surface area contributed by atoms with Crippen molar-refractivity contribution in [3.63, 3.8) is 0 Å². The first-order valence-electron chi connectivity index (χ1n) is 6.01. The molecule has 2 atom stereocenters. The minimum Gasteiger partial charge on any atom is -0.378 e. The van der Waals surface area contributed by atoms with Crippen molar-refractivity contribution in [2.75, 3.05) is 0 Å². The maximum atomic E-state index is 12.4. The lowest BCUT2D eigenvalue weighted by Gasteiger charge is -2.24. The van der Waals surface area contributed by atoms with Crippen molar-refractivity contribution in [2.24, 2.45) is 0 Å². The molecule has 0 amide bonds. The summed E-state index contributed by atoms with van der Waals surface area (Å²) in [7, 11) is -4.36. The molecule has 0 heterocycles.